The molecule has 3 nitrogen and oxygen atoms in total. The summed E-state index contributed by atoms with van der Waals surface area (Å²) in [6.45, 7) is 8.11. The van der Waals surface area contributed by atoms with Gasteiger partial charge in [0, 0.05) is 6.61 Å². The first-order valence-corrected chi connectivity index (χ1v) is 8.40. The van der Waals surface area contributed by atoms with Crippen molar-refractivity contribution in [2.75, 3.05) is 13.2 Å². The van der Waals surface area contributed by atoms with Crippen LogP contribution in [0.25, 0.3) is 0 Å². The number of nitrogens with one attached hydrogen (secondary N) is 1. The maximum absolute atomic E-state index is 5.98. The summed E-state index contributed by atoms with van der Waals surface area (Å²) in [5.41, 5.74) is 1.27. The van der Waals surface area contributed by atoms with E-state index in [0.29, 0.717) is 6.10 Å². The molecular formula is C18H29NO2. The first-order valence-electron chi connectivity index (χ1n) is 8.40. The minimum Gasteiger partial charge on any atom is -0.490 e. The number of rotatable bonds is 10. The van der Waals surface area contributed by atoms with E-state index in [0.717, 1.165) is 31.7 Å². The van der Waals surface area contributed by atoms with Gasteiger partial charge in [-0.25, -0.2) is 0 Å². The molecule has 1 N–H and O–H groups in total. The number of likely N-dealkylation sites (N-methyl/N-ethyl adjacent to an activating group) is 1. The topological polar surface area (TPSA) is 30.5 Å². The van der Waals surface area contributed by atoms with E-state index in [1.54, 1.807) is 0 Å². The molecule has 0 aromatic heterocycles. The van der Waals surface area contributed by atoms with Gasteiger partial charge in [-0.05, 0) is 50.4 Å². The fraction of sp³-hybridized carbons (Fsp3) is 0.667. The third-order valence-corrected chi connectivity index (χ3v) is 3.79. The van der Waals surface area contributed by atoms with Gasteiger partial charge in [-0.2, -0.15) is 0 Å². The lowest BCUT2D eigenvalue weighted by atomic mass is 9.97. The molecule has 0 amide bonds. The van der Waals surface area contributed by atoms with Crippen molar-refractivity contribution in [2.24, 2.45) is 0 Å². The molecule has 1 aliphatic carbocycles. The third-order valence-electron chi connectivity index (χ3n) is 3.79. The predicted octanol–water partition coefficient (Wildman–Crippen LogP) is 4.08. The second kappa shape index (κ2) is 8.40. The minimum atomic E-state index is 0.219. The van der Waals surface area contributed by atoms with Gasteiger partial charge in [-0.3, -0.25) is 0 Å². The van der Waals surface area contributed by atoms with Crippen molar-refractivity contribution >= 4 is 0 Å². The van der Waals surface area contributed by atoms with E-state index >= 15 is 0 Å². The molecule has 2 atom stereocenters. The van der Waals surface area contributed by atoms with E-state index in [9.17, 15) is 0 Å². The van der Waals surface area contributed by atoms with Crippen molar-refractivity contribution in [1.82, 2.24) is 5.32 Å². The van der Waals surface area contributed by atoms with Crippen LogP contribution in [0.15, 0.2) is 24.3 Å². The van der Waals surface area contributed by atoms with Crippen LogP contribution in [0.5, 0.6) is 5.75 Å². The molecule has 1 aromatic carbocycles. The van der Waals surface area contributed by atoms with Crippen LogP contribution in [-0.2, 0) is 4.74 Å². The van der Waals surface area contributed by atoms with Crippen molar-refractivity contribution < 1.29 is 9.47 Å². The largest absolute Gasteiger partial charge is 0.490 e. The Bertz CT molecular complexity index is 411. The minimum absolute atomic E-state index is 0.219. The van der Waals surface area contributed by atoms with Crippen LogP contribution in [-0.4, -0.2) is 25.4 Å². The van der Waals surface area contributed by atoms with Crippen LogP contribution in [0.3, 0.4) is 0 Å². The first-order chi connectivity index (χ1) is 10.3. The van der Waals surface area contributed by atoms with Gasteiger partial charge < -0.3 is 14.8 Å². The molecule has 1 aromatic rings. The van der Waals surface area contributed by atoms with E-state index in [1.165, 1.54) is 18.4 Å². The number of benzene rings is 1. The van der Waals surface area contributed by atoms with Crippen molar-refractivity contribution in [3.63, 3.8) is 0 Å². The van der Waals surface area contributed by atoms with Crippen LogP contribution in [0.1, 0.15) is 58.1 Å². The zero-order valence-corrected chi connectivity index (χ0v) is 13.6. The number of hydrogen-bond donors (Lipinski definition) is 1. The first kappa shape index (κ1) is 16.3. The molecule has 118 valence electrons. The maximum atomic E-state index is 5.98. The summed E-state index contributed by atoms with van der Waals surface area (Å²) in [5, 5.41) is 3.58. The average molecular weight is 291 g/mol. The highest BCUT2D eigenvalue weighted by molar-refractivity contribution is 5.31. The van der Waals surface area contributed by atoms with Crippen molar-refractivity contribution in [3.05, 3.63) is 29.8 Å². The second-order valence-corrected chi connectivity index (χ2v) is 5.71. The molecule has 1 saturated carbocycles. The summed E-state index contributed by atoms with van der Waals surface area (Å²) < 4.78 is 11.9. The Kier molecular flexibility index (Phi) is 6.52. The molecule has 0 heterocycles. The third kappa shape index (κ3) is 5.01. The van der Waals surface area contributed by atoms with Gasteiger partial charge in [0.2, 0.25) is 0 Å². The van der Waals surface area contributed by atoms with E-state index in [2.05, 4.69) is 50.4 Å². The van der Waals surface area contributed by atoms with Crippen LogP contribution >= 0.6 is 0 Å². The smallest absolute Gasteiger partial charge is 0.120 e. The van der Waals surface area contributed by atoms with Gasteiger partial charge in [-0.1, -0.05) is 32.4 Å². The molecule has 0 bridgehead atoms. The summed E-state index contributed by atoms with van der Waals surface area (Å²) in [6.07, 6.45) is 5.24. The van der Waals surface area contributed by atoms with Crippen molar-refractivity contribution in [3.8, 4) is 5.75 Å². The number of hydrogen-bond acceptors (Lipinski definition) is 3. The molecule has 21 heavy (non-hydrogen) atoms. The highest BCUT2D eigenvalue weighted by Gasteiger charge is 2.25. The Morgan fingerprint density at radius 1 is 1.24 bits per heavy atom. The second-order valence-electron chi connectivity index (χ2n) is 5.71. The van der Waals surface area contributed by atoms with Gasteiger partial charge in [0.05, 0.1) is 18.2 Å². The van der Waals surface area contributed by atoms with Gasteiger partial charge in [-0.15, -0.1) is 0 Å². The monoisotopic (exact) mass is 291 g/mol. The Balaban J connectivity index is 2.14. The Morgan fingerprint density at radius 2 is 2.05 bits per heavy atom. The molecule has 0 saturated heterocycles. The normalized spacial score (nSPS) is 17.5. The van der Waals surface area contributed by atoms with E-state index in [-0.39, 0.29) is 12.1 Å². The molecule has 0 aliphatic heterocycles. The van der Waals surface area contributed by atoms with E-state index in [4.69, 9.17) is 9.47 Å². The van der Waals surface area contributed by atoms with Gasteiger partial charge >= 0.3 is 0 Å². The lowest BCUT2D eigenvalue weighted by molar-refractivity contribution is 0.0279. The molecule has 1 aliphatic rings. The molecule has 0 spiro atoms. The fourth-order valence-corrected chi connectivity index (χ4v) is 2.69. The lowest BCUT2D eigenvalue weighted by Crippen LogP contribution is -2.34. The standard InChI is InChI=1S/C18H29NO2/c1-4-8-17(20-6-3)18(19-5-2)14-9-7-10-16(13-14)21-15-11-12-15/h7,9-10,13,15,17-19H,4-6,8,11-12H2,1-3H3. The molecule has 2 unspecified atom stereocenters. The molecule has 2 rings (SSSR count). The molecular weight excluding hydrogens is 262 g/mol. The molecule has 0 radical (unpaired) electrons. The SMILES string of the molecule is CCCC(OCC)C(NCC)c1cccc(OC2CC2)c1. The zero-order chi connectivity index (χ0) is 15.1. The Hall–Kier alpha value is -1.06. The summed E-state index contributed by atoms with van der Waals surface area (Å²) in [5.74, 6) is 0.990. The highest BCUT2D eigenvalue weighted by Crippen LogP contribution is 2.30. The van der Waals surface area contributed by atoms with Crippen molar-refractivity contribution in [2.45, 2.75) is 64.7 Å². The van der Waals surface area contributed by atoms with Gasteiger partial charge in [0.1, 0.15) is 5.75 Å². The summed E-state index contributed by atoms with van der Waals surface area (Å²) in [4.78, 5) is 0. The van der Waals surface area contributed by atoms with Crippen LogP contribution in [0, 0.1) is 0 Å². The zero-order valence-electron chi connectivity index (χ0n) is 13.6. The van der Waals surface area contributed by atoms with E-state index in [1.807, 2.05) is 0 Å². The summed E-state index contributed by atoms with van der Waals surface area (Å²) in [6, 6.07) is 8.73. The lowest BCUT2D eigenvalue weighted by Gasteiger charge is -2.28. The Labute approximate surface area is 129 Å². The quantitative estimate of drug-likeness (QED) is 0.704. The van der Waals surface area contributed by atoms with Crippen LogP contribution < -0.4 is 10.1 Å². The predicted molar refractivity (Wildman–Crippen MR) is 86.8 cm³/mol. The average Bonchev–Trinajstić information content (AvgIpc) is 3.29. The van der Waals surface area contributed by atoms with Gasteiger partial charge in [0.25, 0.3) is 0 Å². The molecule has 1 fully saturated rings. The highest BCUT2D eigenvalue weighted by atomic mass is 16.5. The van der Waals surface area contributed by atoms with Gasteiger partial charge in [0.15, 0.2) is 0 Å². The fourth-order valence-electron chi connectivity index (χ4n) is 2.69. The number of ether oxygens (including phenoxy) is 2. The maximum Gasteiger partial charge on any atom is 0.120 e. The Morgan fingerprint density at radius 3 is 2.67 bits per heavy atom. The summed E-state index contributed by atoms with van der Waals surface area (Å²) >= 11 is 0. The summed E-state index contributed by atoms with van der Waals surface area (Å²) in [7, 11) is 0. The van der Waals surface area contributed by atoms with Crippen molar-refractivity contribution in [1.29, 1.82) is 0 Å². The van der Waals surface area contributed by atoms with Crippen LogP contribution in [0.4, 0.5) is 0 Å². The van der Waals surface area contributed by atoms with Crippen LogP contribution in [0.2, 0.25) is 0 Å². The van der Waals surface area contributed by atoms with E-state index < -0.39 is 0 Å². The molecule has 3 heteroatoms.